The van der Waals surface area contributed by atoms with E-state index in [1.165, 1.54) is 17.8 Å². The van der Waals surface area contributed by atoms with E-state index in [1.807, 2.05) is 6.07 Å². The molecule has 2 aromatic rings. The highest BCUT2D eigenvalue weighted by atomic mass is 35.5. The summed E-state index contributed by atoms with van der Waals surface area (Å²) in [5.74, 6) is -0.452. The standard InChI is InChI=1S/C12H9ClN2O2S/c13-10-8(3-1-5-14-10)7-18-11-9(12(16)17)4-2-6-15-11/h1-6H,7H2,(H,16,17). The van der Waals surface area contributed by atoms with E-state index in [2.05, 4.69) is 9.97 Å². The summed E-state index contributed by atoms with van der Waals surface area (Å²) >= 11 is 7.26. The number of nitrogens with zero attached hydrogens (tertiary/aromatic N) is 2. The summed E-state index contributed by atoms with van der Waals surface area (Å²) in [5, 5.41) is 9.93. The third-order valence-corrected chi connectivity index (χ3v) is 3.60. The van der Waals surface area contributed by atoms with E-state index in [4.69, 9.17) is 16.7 Å². The van der Waals surface area contributed by atoms with Crippen LogP contribution in [0.5, 0.6) is 0 Å². The van der Waals surface area contributed by atoms with Crippen molar-refractivity contribution in [2.45, 2.75) is 10.8 Å². The van der Waals surface area contributed by atoms with Crippen LogP contribution in [0.25, 0.3) is 0 Å². The van der Waals surface area contributed by atoms with E-state index in [-0.39, 0.29) is 5.56 Å². The molecule has 0 aliphatic heterocycles. The summed E-state index contributed by atoms with van der Waals surface area (Å²) in [7, 11) is 0. The third kappa shape index (κ3) is 3.00. The van der Waals surface area contributed by atoms with Gasteiger partial charge in [-0.25, -0.2) is 14.8 Å². The van der Waals surface area contributed by atoms with Gasteiger partial charge >= 0.3 is 5.97 Å². The van der Waals surface area contributed by atoms with Crippen LogP contribution >= 0.6 is 23.4 Å². The van der Waals surface area contributed by atoms with E-state index in [1.54, 1.807) is 24.5 Å². The number of aromatic nitrogens is 2. The molecule has 0 saturated carbocycles. The number of pyridine rings is 2. The van der Waals surface area contributed by atoms with Crippen LogP contribution in [-0.2, 0) is 5.75 Å². The van der Waals surface area contributed by atoms with E-state index in [0.29, 0.717) is 15.9 Å². The Morgan fingerprint density at radius 3 is 2.72 bits per heavy atom. The maximum Gasteiger partial charge on any atom is 0.338 e. The molecule has 0 unspecified atom stereocenters. The average molecular weight is 281 g/mol. The quantitative estimate of drug-likeness (QED) is 0.689. The molecular weight excluding hydrogens is 272 g/mol. The molecule has 0 bridgehead atoms. The first-order chi connectivity index (χ1) is 8.68. The van der Waals surface area contributed by atoms with E-state index in [0.717, 1.165) is 5.56 Å². The van der Waals surface area contributed by atoms with Gasteiger partial charge in [-0.15, -0.1) is 11.8 Å². The molecule has 92 valence electrons. The largest absolute Gasteiger partial charge is 0.478 e. The van der Waals surface area contributed by atoms with E-state index >= 15 is 0 Å². The third-order valence-electron chi connectivity index (χ3n) is 2.20. The second-order valence-corrected chi connectivity index (χ2v) is 4.73. The Bertz CT molecular complexity index is 578. The number of thioether (sulfide) groups is 1. The number of hydrogen-bond donors (Lipinski definition) is 1. The number of carboxylic acid groups (broad SMARTS) is 1. The van der Waals surface area contributed by atoms with Gasteiger partial charge in [-0.05, 0) is 23.8 Å². The molecule has 2 aromatic heterocycles. The van der Waals surface area contributed by atoms with Gasteiger partial charge in [0, 0.05) is 18.1 Å². The lowest BCUT2D eigenvalue weighted by Crippen LogP contribution is -2.00. The maximum absolute atomic E-state index is 11.0. The minimum absolute atomic E-state index is 0.197. The second kappa shape index (κ2) is 5.84. The van der Waals surface area contributed by atoms with Crippen LogP contribution in [0.4, 0.5) is 0 Å². The van der Waals surface area contributed by atoms with Gasteiger partial charge in [-0.3, -0.25) is 0 Å². The summed E-state index contributed by atoms with van der Waals surface area (Å²) in [6.07, 6.45) is 3.18. The minimum atomic E-state index is -0.983. The Kier molecular flexibility index (Phi) is 4.17. The average Bonchev–Trinajstić information content (AvgIpc) is 2.38. The van der Waals surface area contributed by atoms with E-state index in [9.17, 15) is 4.79 Å². The van der Waals surface area contributed by atoms with Crippen LogP contribution in [0.15, 0.2) is 41.7 Å². The topological polar surface area (TPSA) is 63.1 Å². The lowest BCUT2D eigenvalue weighted by Gasteiger charge is -2.05. The van der Waals surface area contributed by atoms with Crippen molar-refractivity contribution in [2.75, 3.05) is 0 Å². The monoisotopic (exact) mass is 280 g/mol. The predicted molar refractivity (Wildman–Crippen MR) is 70.0 cm³/mol. The van der Waals surface area contributed by atoms with Crippen molar-refractivity contribution >= 4 is 29.3 Å². The SMILES string of the molecule is O=C(O)c1cccnc1SCc1cccnc1Cl. The van der Waals surface area contributed by atoms with Crippen LogP contribution in [0.1, 0.15) is 15.9 Å². The van der Waals surface area contributed by atoms with Crippen LogP contribution in [0.3, 0.4) is 0 Å². The van der Waals surface area contributed by atoms with Gasteiger partial charge in [-0.2, -0.15) is 0 Å². The Balaban J connectivity index is 2.16. The highest BCUT2D eigenvalue weighted by molar-refractivity contribution is 7.98. The zero-order valence-electron chi connectivity index (χ0n) is 9.21. The molecule has 2 rings (SSSR count). The first kappa shape index (κ1) is 12.9. The zero-order chi connectivity index (χ0) is 13.0. The van der Waals surface area contributed by atoms with Crippen LogP contribution < -0.4 is 0 Å². The lowest BCUT2D eigenvalue weighted by atomic mass is 10.3. The summed E-state index contributed by atoms with van der Waals surface area (Å²) in [4.78, 5) is 19.0. The molecule has 0 radical (unpaired) electrons. The fraction of sp³-hybridized carbons (Fsp3) is 0.0833. The number of halogens is 1. The first-order valence-electron chi connectivity index (χ1n) is 5.09. The number of carbonyl (C=O) groups is 1. The molecule has 0 atom stereocenters. The van der Waals surface area contributed by atoms with Gasteiger partial charge in [0.2, 0.25) is 0 Å². The predicted octanol–water partition coefficient (Wildman–Crippen LogP) is 3.12. The van der Waals surface area contributed by atoms with Gasteiger partial charge in [0.25, 0.3) is 0 Å². The Hall–Kier alpha value is -1.59. The van der Waals surface area contributed by atoms with E-state index < -0.39 is 5.97 Å². The van der Waals surface area contributed by atoms with Gasteiger partial charge in [-0.1, -0.05) is 17.7 Å². The fourth-order valence-corrected chi connectivity index (χ4v) is 2.58. The van der Waals surface area contributed by atoms with Crippen molar-refractivity contribution < 1.29 is 9.90 Å². The Morgan fingerprint density at radius 1 is 1.28 bits per heavy atom. The highest BCUT2D eigenvalue weighted by Gasteiger charge is 2.11. The molecule has 1 N–H and O–H groups in total. The molecule has 0 aliphatic rings. The molecule has 0 fully saturated rings. The van der Waals surface area contributed by atoms with Crippen molar-refractivity contribution in [2.24, 2.45) is 0 Å². The summed E-state index contributed by atoms with van der Waals surface area (Å²) < 4.78 is 0. The highest BCUT2D eigenvalue weighted by Crippen LogP contribution is 2.26. The summed E-state index contributed by atoms with van der Waals surface area (Å²) in [5.41, 5.74) is 1.05. The Labute approximate surface area is 113 Å². The molecular formula is C12H9ClN2O2S. The van der Waals surface area contributed by atoms with Crippen molar-refractivity contribution in [3.63, 3.8) is 0 Å². The smallest absolute Gasteiger partial charge is 0.338 e. The Morgan fingerprint density at radius 2 is 2.00 bits per heavy atom. The van der Waals surface area contributed by atoms with Gasteiger partial charge in [0.1, 0.15) is 10.2 Å². The first-order valence-corrected chi connectivity index (χ1v) is 6.45. The molecule has 4 nitrogen and oxygen atoms in total. The van der Waals surface area contributed by atoms with Crippen LogP contribution in [0.2, 0.25) is 5.15 Å². The number of aromatic carboxylic acids is 1. The van der Waals surface area contributed by atoms with Gasteiger partial charge < -0.3 is 5.11 Å². The minimum Gasteiger partial charge on any atom is -0.478 e. The van der Waals surface area contributed by atoms with Gasteiger partial charge in [0.05, 0.1) is 5.56 Å². The van der Waals surface area contributed by atoms with Crippen LogP contribution in [0, 0.1) is 0 Å². The van der Waals surface area contributed by atoms with Crippen molar-refractivity contribution in [3.05, 3.63) is 52.9 Å². The summed E-state index contributed by atoms with van der Waals surface area (Å²) in [6, 6.07) is 6.77. The van der Waals surface area contributed by atoms with Gasteiger partial charge in [0.15, 0.2) is 0 Å². The van der Waals surface area contributed by atoms with Crippen molar-refractivity contribution in [1.82, 2.24) is 9.97 Å². The molecule has 2 heterocycles. The number of carboxylic acids is 1. The molecule has 0 spiro atoms. The normalized spacial score (nSPS) is 10.3. The molecule has 0 aromatic carbocycles. The molecule has 18 heavy (non-hydrogen) atoms. The summed E-state index contributed by atoms with van der Waals surface area (Å²) in [6.45, 7) is 0. The number of hydrogen-bond acceptors (Lipinski definition) is 4. The van der Waals surface area contributed by atoms with Crippen LogP contribution in [-0.4, -0.2) is 21.0 Å². The molecule has 0 aliphatic carbocycles. The van der Waals surface area contributed by atoms with Crippen molar-refractivity contribution in [3.8, 4) is 0 Å². The molecule has 6 heteroatoms. The second-order valence-electron chi connectivity index (χ2n) is 3.40. The zero-order valence-corrected chi connectivity index (χ0v) is 10.8. The maximum atomic E-state index is 11.0. The van der Waals surface area contributed by atoms with Crippen molar-refractivity contribution in [1.29, 1.82) is 0 Å². The lowest BCUT2D eigenvalue weighted by molar-refractivity contribution is 0.0692. The number of rotatable bonds is 4. The molecule has 0 saturated heterocycles. The fourth-order valence-electron chi connectivity index (χ4n) is 1.34. The molecule has 0 amide bonds.